The zero-order valence-electron chi connectivity index (χ0n) is 9.48. The number of rotatable bonds is 1. The van der Waals surface area contributed by atoms with Crippen molar-refractivity contribution in [3.05, 3.63) is 18.3 Å². The standard InChI is InChI=1S/C12H19N3/c1-9-5-10(2)8-15(7-9)12-4-3-11(13)6-14-12/h3-4,6,9-10H,5,7-8,13H2,1-2H3/t9-,10-/m1/s1. The van der Waals surface area contributed by atoms with Crippen molar-refractivity contribution in [2.24, 2.45) is 11.8 Å². The van der Waals surface area contributed by atoms with E-state index >= 15 is 0 Å². The average Bonchev–Trinajstić information content (AvgIpc) is 2.17. The molecule has 3 heteroatoms. The van der Waals surface area contributed by atoms with Crippen LogP contribution in [0.4, 0.5) is 11.5 Å². The van der Waals surface area contributed by atoms with Crippen LogP contribution in [0.3, 0.4) is 0 Å². The number of pyridine rings is 1. The van der Waals surface area contributed by atoms with Gasteiger partial charge in [0.1, 0.15) is 5.82 Å². The van der Waals surface area contributed by atoms with Crippen LogP contribution in [0, 0.1) is 11.8 Å². The predicted octanol–water partition coefficient (Wildman–Crippen LogP) is 2.15. The lowest BCUT2D eigenvalue weighted by molar-refractivity contribution is 0.355. The van der Waals surface area contributed by atoms with Gasteiger partial charge >= 0.3 is 0 Å². The van der Waals surface area contributed by atoms with Crippen LogP contribution >= 0.6 is 0 Å². The first kappa shape index (κ1) is 10.3. The van der Waals surface area contributed by atoms with Gasteiger partial charge in [0.2, 0.25) is 0 Å². The Morgan fingerprint density at radius 2 is 1.93 bits per heavy atom. The van der Waals surface area contributed by atoms with E-state index in [1.165, 1.54) is 6.42 Å². The molecule has 0 aliphatic carbocycles. The molecule has 0 bridgehead atoms. The third kappa shape index (κ3) is 2.41. The molecule has 0 radical (unpaired) electrons. The third-order valence-corrected chi connectivity index (χ3v) is 2.96. The highest BCUT2D eigenvalue weighted by molar-refractivity contribution is 5.46. The summed E-state index contributed by atoms with van der Waals surface area (Å²) in [4.78, 5) is 6.73. The molecule has 0 aromatic carbocycles. The molecule has 1 fully saturated rings. The first-order chi connectivity index (χ1) is 7.15. The first-order valence-corrected chi connectivity index (χ1v) is 5.61. The monoisotopic (exact) mass is 205 g/mol. The number of hydrogen-bond donors (Lipinski definition) is 1. The molecule has 1 aromatic heterocycles. The quantitative estimate of drug-likeness (QED) is 0.763. The Morgan fingerprint density at radius 3 is 2.47 bits per heavy atom. The van der Waals surface area contributed by atoms with Gasteiger partial charge in [-0.3, -0.25) is 0 Å². The Balaban J connectivity index is 2.12. The van der Waals surface area contributed by atoms with Crippen LogP contribution < -0.4 is 10.6 Å². The Bertz CT molecular complexity index is 310. The minimum absolute atomic E-state index is 0.733. The van der Waals surface area contributed by atoms with Crippen LogP contribution in [-0.4, -0.2) is 18.1 Å². The minimum atomic E-state index is 0.733. The molecule has 2 N–H and O–H groups in total. The fraction of sp³-hybridized carbons (Fsp3) is 0.583. The maximum Gasteiger partial charge on any atom is 0.128 e. The topological polar surface area (TPSA) is 42.1 Å². The third-order valence-electron chi connectivity index (χ3n) is 2.96. The molecule has 3 nitrogen and oxygen atoms in total. The summed E-state index contributed by atoms with van der Waals surface area (Å²) in [6, 6.07) is 3.94. The summed E-state index contributed by atoms with van der Waals surface area (Å²) in [5.41, 5.74) is 6.36. The highest BCUT2D eigenvalue weighted by Gasteiger charge is 2.22. The molecule has 2 atom stereocenters. The van der Waals surface area contributed by atoms with Gasteiger partial charge in [-0.1, -0.05) is 13.8 Å². The largest absolute Gasteiger partial charge is 0.397 e. The van der Waals surface area contributed by atoms with Gasteiger partial charge in [0.25, 0.3) is 0 Å². The van der Waals surface area contributed by atoms with Gasteiger partial charge in [-0.15, -0.1) is 0 Å². The molecule has 82 valence electrons. The van der Waals surface area contributed by atoms with E-state index in [0.29, 0.717) is 0 Å². The lowest BCUT2D eigenvalue weighted by atomic mass is 9.92. The van der Waals surface area contributed by atoms with Gasteiger partial charge in [-0.25, -0.2) is 4.98 Å². The number of nitrogens with zero attached hydrogens (tertiary/aromatic N) is 2. The molecule has 1 aliphatic heterocycles. The second-order valence-corrected chi connectivity index (χ2v) is 4.80. The fourth-order valence-corrected chi connectivity index (χ4v) is 2.43. The van der Waals surface area contributed by atoms with Gasteiger partial charge in [-0.2, -0.15) is 0 Å². The van der Waals surface area contributed by atoms with E-state index in [9.17, 15) is 0 Å². The predicted molar refractivity (Wildman–Crippen MR) is 63.8 cm³/mol. The Morgan fingerprint density at radius 1 is 1.27 bits per heavy atom. The average molecular weight is 205 g/mol. The molecule has 0 unspecified atom stereocenters. The number of piperidine rings is 1. The highest BCUT2D eigenvalue weighted by atomic mass is 15.2. The van der Waals surface area contributed by atoms with Crippen LogP contribution in [0.15, 0.2) is 18.3 Å². The molecular weight excluding hydrogens is 186 g/mol. The zero-order chi connectivity index (χ0) is 10.8. The van der Waals surface area contributed by atoms with Crippen LogP contribution in [0.2, 0.25) is 0 Å². The van der Waals surface area contributed by atoms with E-state index in [2.05, 4.69) is 23.7 Å². The zero-order valence-corrected chi connectivity index (χ0v) is 9.48. The van der Waals surface area contributed by atoms with Crippen molar-refractivity contribution < 1.29 is 0 Å². The number of aromatic nitrogens is 1. The van der Waals surface area contributed by atoms with Gasteiger partial charge in [-0.05, 0) is 30.4 Å². The Hall–Kier alpha value is -1.25. The fourth-order valence-electron chi connectivity index (χ4n) is 2.43. The van der Waals surface area contributed by atoms with Gasteiger partial charge < -0.3 is 10.6 Å². The van der Waals surface area contributed by atoms with E-state index in [0.717, 1.165) is 36.4 Å². The maximum absolute atomic E-state index is 5.63. The second-order valence-electron chi connectivity index (χ2n) is 4.80. The first-order valence-electron chi connectivity index (χ1n) is 5.61. The molecule has 0 spiro atoms. The van der Waals surface area contributed by atoms with Gasteiger partial charge in [0, 0.05) is 13.1 Å². The molecule has 1 aliphatic rings. The van der Waals surface area contributed by atoms with E-state index in [4.69, 9.17) is 5.73 Å². The molecule has 0 saturated carbocycles. The maximum atomic E-state index is 5.63. The van der Waals surface area contributed by atoms with Crippen molar-refractivity contribution in [1.29, 1.82) is 0 Å². The number of anilines is 2. The summed E-state index contributed by atoms with van der Waals surface area (Å²) >= 11 is 0. The summed E-state index contributed by atoms with van der Waals surface area (Å²) in [5, 5.41) is 0. The summed E-state index contributed by atoms with van der Waals surface area (Å²) in [6.07, 6.45) is 3.06. The summed E-state index contributed by atoms with van der Waals surface area (Å²) < 4.78 is 0. The Kier molecular flexibility index (Phi) is 2.80. The Labute approximate surface area is 91.3 Å². The highest BCUT2D eigenvalue weighted by Crippen LogP contribution is 2.24. The van der Waals surface area contributed by atoms with Crippen LogP contribution in [0.1, 0.15) is 20.3 Å². The second kappa shape index (κ2) is 4.09. The van der Waals surface area contributed by atoms with Crippen LogP contribution in [0.5, 0.6) is 0 Å². The lowest BCUT2D eigenvalue weighted by Crippen LogP contribution is -2.39. The van der Waals surface area contributed by atoms with Crippen LogP contribution in [0.25, 0.3) is 0 Å². The SMILES string of the molecule is C[C@@H]1C[C@@H](C)CN(c2ccc(N)cn2)C1. The smallest absolute Gasteiger partial charge is 0.128 e. The summed E-state index contributed by atoms with van der Waals surface area (Å²) in [6.45, 7) is 6.84. The van der Waals surface area contributed by atoms with Crippen molar-refractivity contribution in [3.63, 3.8) is 0 Å². The van der Waals surface area contributed by atoms with Crippen molar-refractivity contribution in [1.82, 2.24) is 4.98 Å². The van der Waals surface area contributed by atoms with Gasteiger partial charge in [0.15, 0.2) is 0 Å². The molecule has 2 rings (SSSR count). The van der Waals surface area contributed by atoms with E-state index in [1.54, 1.807) is 6.20 Å². The van der Waals surface area contributed by atoms with Crippen LogP contribution in [-0.2, 0) is 0 Å². The van der Waals surface area contributed by atoms with E-state index < -0.39 is 0 Å². The van der Waals surface area contributed by atoms with Gasteiger partial charge in [0.05, 0.1) is 11.9 Å². The number of hydrogen-bond acceptors (Lipinski definition) is 3. The van der Waals surface area contributed by atoms with Crippen molar-refractivity contribution in [2.75, 3.05) is 23.7 Å². The molecule has 1 aromatic rings. The molecule has 2 heterocycles. The minimum Gasteiger partial charge on any atom is -0.397 e. The van der Waals surface area contributed by atoms with Crippen molar-refractivity contribution >= 4 is 11.5 Å². The molecule has 1 saturated heterocycles. The van der Waals surface area contributed by atoms with E-state index in [1.807, 2.05) is 12.1 Å². The summed E-state index contributed by atoms with van der Waals surface area (Å²) in [5.74, 6) is 2.57. The van der Waals surface area contributed by atoms with E-state index in [-0.39, 0.29) is 0 Å². The van der Waals surface area contributed by atoms with Crippen molar-refractivity contribution in [2.45, 2.75) is 20.3 Å². The number of nitrogen functional groups attached to an aromatic ring is 1. The molecule has 0 amide bonds. The molecular formula is C12H19N3. The lowest BCUT2D eigenvalue weighted by Gasteiger charge is -2.35. The van der Waals surface area contributed by atoms with Crippen molar-refractivity contribution in [3.8, 4) is 0 Å². The number of nitrogens with two attached hydrogens (primary N) is 1. The summed E-state index contributed by atoms with van der Waals surface area (Å²) in [7, 11) is 0. The normalized spacial score (nSPS) is 26.7. The molecule has 15 heavy (non-hydrogen) atoms.